The molecule has 1 aromatic heterocycles. The Kier molecular flexibility index (Phi) is 5.78. The molecule has 0 radical (unpaired) electrons. The summed E-state index contributed by atoms with van der Waals surface area (Å²) in [5.74, 6) is -3.05. The Hall–Kier alpha value is -3.55. The molecule has 0 spiro atoms. The number of hydrogen-bond donors (Lipinski definition) is 8. The van der Waals surface area contributed by atoms with Crippen LogP contribution >= 0.6 is 0 Å². The average molecular weight is 464 g/mol. The number of ether oxygens (including phenoxy) is 2. The van der Waals surface area contributed by atoms with E-state index in [1.165, 1.54) is 6.07 Å². The van der Waals surface area contributed by atoms with E-state index in [1.54, 1.807) is 0 Å². The van der Waals surface area contributed by atoms with Crippen molar-refractivity contribution in [1.82, 2.24) is 0 Å². The maximum atomic E-state index is 13.2. The highest BCUT2D eigenvalue weighted by Gasteiger charge is 2.45. The lowest BCUT2D eigenvalue weighted by Crippen LogP contribution is -2.60. The van der Waals surface area contributed by atoms with Crippen molar-refractivity contribution in [3.63, 3.8) is 0 Å². The fourth-order valence-corrected chi connectivity index (χ4v) is 3.51. The fourth-order valence-electron chi connectivity index (χ4n) is 3.51. The van der Waals surface area contributed by atoms with Crippen molar-refractivity contribution in [2.45, 2.75) is 30.7 Å². The quantitative estimate of drug-likeness (QED) is 0.229. The molecule has 8 N–H and O–H groups in total. The summed E-state index contributed by atoms with van der Waals surface area (Å²) in [5, 5.41) is 78.7. The highest BCUT2D eigenvalue weighted by atomic mass is 16.7. The van der Waals surface area contributed by atoms with Crippen LogP contribution in [0.1, 0.15) is 0 Å². The van der Waals surface area contributed by atoms with Crippen LogP contribution in [-0.2, 0) is 4.74 Å². The van der Waals surface area contributed by atoms with E-state index in [0.717, 1.165) is 24.3 Å². The first kappa shape index (κ1) is 22.6. The topological polar surface area (TPSA) is 211 Å². The molecule has 12 heteroatoms. The normalized spacial score (nSPS) is 25.3. The van der Waals surface area contributed by atoms with Crippen LogP contribution in [0.5, 0.6) is 28.7 Å². The zero-order valence-electron chi connectivity index (χ0n) is 16.7. The van der Waals surface area contributed by atoms with Gasteiger partial charge in [0.2, 0.25) is 17.5 Å². The first-order valence-electron chi connectivity index (χ1n) is 9.64. The zero-order valence-corrected chi connectivity index (χ0v) is 16.7. The van der Waals surface area contributed by atoms with Crippen LogP contribution in [0.4, 0.5) is 0 Å². The summed E-state index contributed by atoms with van der Waals surface area (Å²) < 4.78 is 16.5. The van der Waals surface area contributed by atoms with Crippen LogP contribution in [0.15, 0.2) is 39.5 Å². The average Bonchev–Trinajstić information content (AvgIpc) is 2.76. The van der Waals surface area contributed by atoms with E-state index in [2.05, 4.69) is 0 Å². The van der Waals surface area contributed by atoms with Crippen LogP contribution in [-0.4, -0.2) is 78.2 Å². The van der Waals surface area contributed by atoms with Crippen molar-refractivity contribution in [3.8, 4) is 40.1 Å². The number of benzene rings is 2. The number of phenols is 4. The molecule has 4 rings (SSSR count). The SMILES string of the molecule is O=c1c(O[C@@H]2O[C@@H](CO)[C@H](O)[C@@H](O)[C@H]2O)c(-c2ccc(O)c(O)c2)oc2cc(O)cc(O)c12. The number of fused-ring (bicyclic) bond motifs is 1. The van der Waals surface area contributed by atoms with Gasteiger partial charge in [0.05, 0.1) is 6.61 Å². The molecule has 33 heavy (non-hydrogen) atoms. The van der Waals surface area contributed by atoms with Gasteiger partial charge in [-0.1, -0.05) is 0 Å². The number of phenolic OH excluding ortho intramolecular Hbond substituents is 4. The monoisotopic (exact) mass is 464 g/mol. The third-order valence-corrected chi connectivity index (χ3v) is 5.24. The highest BCUT2D eigenvalue weighted by Crippen LogP contribution is 2.39. The molecule has 0 amide bonds. The number of rotatable bonds is 4. The Morgan fingerprint density at radius 3 is 2.27 bits per heavy atom. The predicted molar refractivity (Wildman–Crippen MR) is 109 cm³/mol. The van der Waals surface area contributed by atoms with Gasteiger partial charge >= 0.3 is 0 Å². The van der Waals surface area contributed by atoms with Crippen LogP contribution in [0.25, 0.3) is 22.3 Å². The van der Waals surface area contributed by atoms with Gasteiger partial charge in [-0.3, -0.25) is 4.79 Å². The standard InChI is InChI=1S/C21H20O12/c22-6-13-15(27)17(29)18(30)21(32-13)33-20-16(28)14-11(26)4-8(23)5-12(14)31-19(20)7-1-2-9(24)10(25)3-7/h1-5,13,15,17-18,21-27,29-30H,6H2/t13-,15-,17+,18+,21-/m0/s1. The fraction of sp³-hybridized carbons (Fsp3) is 0.286. The minimum absolute atomic E-state index is 0.0201. The smallest absolute Gasteiger partial charge is 0.239 e. The summed E-state index contributed by atoms with van der Waals surface area (Å²) in [4.78, 5) is 13.2. The van der Waals surface area contributed by atoms with Gasteiger partial charge < -0.3 is 54.7 Å². The van der Waals surface area contributed by atoms with E-state index in [1.807, 2.05) is 0 Å². The molecule has 1 aliphatic heterocycles. The molecular weight excluding hydrogens is 444 g/mol. The van der Waals surface area contributed by atoms with E-state index >= 15 is 0 Å². The van der Waals surface area contributed by atoms with Gasteiger partial charge in [-0.25, -0.2) is 0 Å². The maximum Gasteiger partial charge on any atom is 0.239 e. The Morgan fingerprint density at radius 1 is 0.879 bits per heavy atom. The molecule has 5 atom stereocenters. The lowest BCUT2D eigenvalue weighted by atomic mass is 9.99. The van der Waals surface area contributed by atoms with Gasteiger partial charge in [0.25, 0.3) is 0 Å². The molecule has 0 saturated carbocycles. The molecule has 1 fully saturated rings. The number of hydrogen-bond acceptors (Lipinski definition) is 12. The molecule has 3 aromatic rings. The minimum Gasteiger partial charge on any atom is -0.508 e. The zero-order chi connectivity index (χ0) is 24.0. The lowest BCUT2D eigenvalue weighted by Gasteiger charge is -2.39. The van der Waals surface area contributed by atoms with E-state index in [0.29, 0.717) is 0 Å². The largest absolute Gasteiger partial charge is 0.508 e. The van der Waals surface area contributed by atoms with Gasteiger partial charge in [0, 0.05) is 17.7 Å². The van der Waals surface area contributed by atoms with E-state index < -0.39 is 71.5 Å². The summed E-state index contributed by atoms with van der Waals surface area (Å²) in [5.41, 5.74) is -1.19. The molecule has 0 aliphatic carbocycles. The van der Waals surface area contributed by atoms with Crippen LogP contribution in [0, 0.1) is 0 Å². The minimum atomic E-state index is -1.85. The van der Waals surface area contributed by atoms with Gasteiger partial charge in [-0.2, -0.15) is 0 Å². The first-order chi connectivity index (χ1) is 15.6. The maximum absolute atomic E-state index is 13.2. The summed E-state index contributed by atoms with van der Waals surface area (Å²) >= 11 is 0. The molecule has 2 heterocycles. The second-order valence-corrected chi connectivity index (χ2v) is 7.45. The second-order valence-electron chi connectivity index (χ2n) is 7.45. The van der Waals surface area contributed by atoms with Crippen molar-refractivity contribution >= 4 is 11.0 Å². The van der Waals surface area contributed by atoms with E-state index in [4.69, 9.17) is 13.9 Å². The Balaban J connectivity index is 1.91. The number of aliphatic hydroxyl groups excluding tert-OH is 4. The van der Waals surface area contributed by atoms with Gasteiger partial charge in [-0.15, -0.1) is 0 Å². The van der Waals surface area contributed by atoms with Gasteiger partial charge in [-0.05, 0) is 18.2 Å². The Bertz CT molecular complexity index is 1250. The molecule has 0 bridgehead atoms. The van der Waals surface area contributed by atoms with Crippen molar-refractivity contribution in [3.05, 3.63) is 40.6 Å². The van der Waals surface area contributed by atoms with Crippen LogP contribution < -0.4 is 10.2 Å². The Labute approximate surface area is 184 Å². The van der Waals surface area contributed by atoms with Crippen LogP contribution in [0.3, 0.4) is 0 Å². The van der Waals surface area contributed by atoms with Gasteiger partial charge in [0.15, 0.2) is 17.3 Å². The van der Waals surface area contributed by atoms with E-state index in [9.17, 15) is 45.6 Å². The highest BCUT2D eigenvalue weighted by molar-refractivity contribution is 5.88. The van der Waals surface area contributed by atoms with Crippen molar-refractivity contribution in [2.24, 2.45) is 0 Å². The van der Waals surface area contributed by atoms with E-state index in [-0.39, 0.29) is 22.3 Å². The molecule has 0 unspecified atom stereocenters. The Morgan fingerprint density at radius 2 is 1.61 bits per heavy atom. The summed E-state index contributed by atoms with van der Waals surface area (Å²) in [6, 6.07) is 5.36. The lowest BCUT2D eigenvalue weighted by molar-refractivity contribution is -0.277. The molecule has 2 aromatic carbocycles. The summed E-state index contributed by atoms with van der Waals surface area (Å²) in [7, 11) is 0. The third-order valence-electron chi connectivity index (χ3n) is 5.24. The van der Waals surface area contributed by atoms with Crippen LogP contribution in [0.2, 0.25) is 0 Å². The molecular formula is C21H20O12. The third kappa shape index (κ3) is 3.90. The second kappa shape index (κ2) is 8.42. The van der Waals surface area contributed by atoms with Gasteiger partial charge in [0.1, 0.15) is 46.9 Å². The molecule has 1 saturated heterocycles. The molecule has 176 valence electrons. The molecule has 1 aliphatic rings. The summed E-state index contributed by atoms with van der Waals surface area (Å²) in [6.07, 6.45) is -8.40. The first-order valence-corrected chi connectivity index (χ1v) is 9.64. The van der Waals surface area contributed by atoms with Crippen molar-refractivity contribution in [1.29, 1.82) is 0 Å². The van der Waals surface area contributed by atoms with Crippen molar-refractivity contribution in [2.75, 3.05) is 6.61 Å². The number of aliphatic hydroxyl groups is 4. The van der Waals surface area contributed by atoms with Crippen molar-refractivity contribution < 1.29 is 54.7 Å². The summed E-state index contributed by atoms with van der Waals surface area (Å²) in [6.45, 7) is -0.740. The number of aromatic hydroxyl groups is 4. The molecule has 12 nitrogen and oxygen atoms in total. The predicted octanol–water partition coefficient (Wildman–Crippen LogP) is -0.539.